The van der Waals surface area contributed by atoms with Gasteiger partial charge in [0.05, 0.1) is 58.5 Å². The molecule has 14 unspecified atom stereocenters. The van der Waals surface area contributed by atoms with Crippen molar-refractivity contribution < 1.29 is 159 Å². The van der Waals surface area contributed by atoms with Crippen molar-refractivity contribution in [1.82, 2.24) is 10.6 Å². The topological polar surface area (TPSA) is 539 Å². The molecule has 30 atom stereocenters. The van der Waals surface area contributed by atoms with Crippen molar-refractivity contribution in [3.8, 4) is 0 Å². The van der Waals surface area contributed by atoms with Crippen molar-refractivity contribution >= 4 is 64.4 Å². The number of ether oxygens (including phenoxy) is 12. The molecule has 0 spiro atoms. The molecule has 574 valence electrons. The van der Waals surface area contributed by atoms with E-state index >= 15 is 0 Å². The number of hydrogen-bond donors (Lipinski definition) is 22. The maximum absolute atomic E-state index is 11.2. The zero-order valence-corrected chi connectivity index (χ0v) is 58.4. The van der Waals surface area contributed by atoms with E-state index in [9.17, 15) is 102 Å². The van der Waals surface area contributed by atoms with E-state index in [1.807, 2.05) is 0 Å². The Balaban J connectivity index is 0.971. The van der Waals surface area contributed by atoms with Gasteiger partial charge in [0.25, 0.3) is 0 Å². The van der Waals surface area contributed by atoms with Gasteiger partial charge in [-0.1, -0.05) is 12.8 Å². The van der Waals surface area contributed by atoms with Crippen LogP contribution in [0.1, 0.15) is 51.4 Å². The van der Waals surface area contributed by atoms with Gasteiger partial charge in [-0.3, -0.25) is 0 Å². The molecule has 22 N–H and O–H groups in total. The third-order valence-corrected chi connectivity index (χ3v) is 23.3. The van der Waals surface area contributed by atoms with Gasteiger partial charge in [-0.15, -0.1) is 35.3 Å². The molecule has 39 heteroatoms. The molecule has 8 heterocycles. The van der Waals surface area contributed by atoms with E-state index in [0.29, 0.717) is 79.1 Å². The van der Waals surface area contributed by atoms with Crippen molar-refractivity contribution in [2.24, 2.45) is 11.3 Å². The van der Waals surface area contributed by atoms with E-state index in [2.05, 4.69) is 10.6 Å². The monoisotopic (exact) mass is 1510 g/mol. The van der Waals surface area contributed by atoms with Crippen molar-refractivity contribution in [2.45, 2.75) is 227 Å². The van der Waals surface area contributed by atoms with Gasteiger partial charge in [-0.2, -0.15) is 11.8 Å². The smallest absolute Gasteiger partial charge is 0.187 e. The maximum Gasteiger partial charge on any atom is 0.187 e. The molecule has 34 nitrogen and oxygen atoms in total. The number of thioether (sulfide) groups is 4. The minimum Gasteiger partial charge on any atom is -0.394 e. The van der Waals surface area contributed by atoms with Crippen molar-refractivity contribution in [1.29, 1.82) is 0 Å². The lowest BCUT2D eigenvalue weighted by molar-refractivity contribution is -0.338. The molecule has 0 radical (unpaired) electrons. The highest BCUT2D eigenvalue weighted by Crippen LogP contribution is 2.38. The quantitative estimate of drug-likeness (QED) is 0.0202. The van der Waals surface area contributed by atoms with Crippen LogP contribution in [0.4, 0.5) is 0 Å². The molecule has 98 heavy (non-hydrogen) atoms. The van der Waals surface area contributed by atoms with Crippen LogP contribution in [-0.2, 0) is 56.8 Å². The van der Waals surface area contributed by atoms with Gasteiger partial charge in [0.1, 0.15) is 144 Å². The largest absolute Gasteiger partial charge is 0.394 e. The number of rotatable bonds is 38. The summed E-state index contributed by atoms with van der Waals surface area (Å²) in [6.45, 7) is -1.64. The molecule has 8 aliphatic heterocycles. The van der Waals surface area contributed by atoms with Gasteiger partial charge < -0.3 is 170 Å². The molecule has 8 aliphatic rings. The van der Waals surface area contributed by atoms with E-state index in [4.69, 9.17) is 69.1 Å². The summed E-state index contributed by atoms with van der Waals surface area (Å²) in [5.74, 6) is 1.86. The van der Waals surface area contributed by atoms with Crippen LogP contribution in [0.15, 0.2) is 0 Å². The number of hydrogen-bond acceptors (Lipinski definition) is 37. The van der Waals surface area contributed by atoms with E-state index in [1.165, 1.54) is 11.8 Å². The standard InChI is InChI=1S/C59H106N2O32S5/c62-19-29-36(68)39(71)45(77)53(86-29)92-50-32(22-65)90-56(48(80)42(50)74)97-16-5-11-83-26-59(8-14-82-10-4-15-96-55-47(79)41(73)38(70)31(21-64)89-55,25-61-58(94)60-9-18-95-24-34-28-7-2-1-3-13-85-52(88-34)44(76)35(28)67)27-84-12-6-17-98-57-49(81)43(75)51(33(23-66)91-57)93-54-46(78)40(72)37(69)30(20-63)87-54/h28-57,62-81H,1-27H2,(H2,60,61,94)/t28?,29?,30?,31?,32?,33?,34?,35?,36-,37-,38-,39-,40-,41-,42+,43+,44?,45?,46?,47?,48?,49?,50-,51-,52+,53-,54-,55-,56-,57-,59?/m0/s1. The highest BCUT2D eigenvalue weighted by Gasteiger charge is 2.53. The predicted molar refractivity (Wildman–Crippen MR) is 352 cm³/mol. The van der Waals surface area contributed by atoms with Crippen molar-refractivity contribution in [3.63, 3.8) is 0 Å². The molecular formula is C59H106N2O32S5. The lowest BCUT2D eigenvalue weighted by Gasteiger charge is -2.46. The van der Waals surface area contributed by atoms with E-state index in [-0.39, 0.29) is 58.2 Å². The Morgan fingerprint density at radius 3 is 1.37 bits per heavy atom. The van der Waals surface area contributed by atoms with E-state index in [1.54, 1.807) is 11.8 Å². The summed E-state index contributed by atoms with van der Waals surface area (Å²) in [7, 11) is 0. The zero-order chi connectivity index (χ0) is 71.2. The molecular weight excluding hydrogens is 1410 g/mol. The molecule has 8 saturated heterocycles. The molecule has 0 aromatic rings. The first-order valence-corrected chi connectivity index (χ1v) is 38.0. The highest BCUT2D eigenvalue weighted by atomic mass is 32.2. The fraction of sp³-hybridized carbons (Fsp3) is 0.983. The minimum absolute atomic E-state index is 0.0573. The minimum atomic E-state index is -1.83. The van der Waals surface area contributed by atoms with Crippen molar-refractivity contribution in [3.05, 3.63) is 0 Å². The van der Waals surface area contributed by atoms with Gasteiger partial charge in [-0.05, 0) is 68.0 Å². The molecule has 0 aromatic heterocycles. The molecule has 0 amide bonds. The summed E-state index contributed by atoms with van der Waals surface area (Å²) in [6.07, 6.45) is -32.8. The lowest BCUT2D eigenvalue weighted by atomic mass is 9.85. The molecule has 2 bridgehead atoms. The van der Waals surface area contributed by atoms with Crippen LogP contribution >= 0.6 is 59.3 Å². The van der Waals surface area contributed by atoms with Crippen LogP contribution in [0, 0.1) is 11.3 Å². The Labute approximate surface area is 590 Å². The number of aliphatic hydroxyl groups is 20. The van der Waals surface area contributed by atoms with E-state index in [0.717, 1.165) is 42.8 Å². The average molecular weight is 1520 g/mol. The van der Waals surface area contributed by atoms with Gasteiger partial charge in [0.2, 0.25) is 0 Å². The summed E-state index contributed by atoms with van der Waals surface area (Å²) >= 11 is 10.8. The Morgan fingerprint density at radius 1 is 0.429 bits per heavy atom. The Kier molecular flexibility index (Phi) is 37.3. The Morgan fingerprint density at radius 2 is 0.878 bits per heavy atom. The van der Waals surface area contributed by atoms with Crippen LogP contribution in [0.3, 0.4) is 0 Å². The summed E-state index contributed by atoms with van der Waals surface area (Å²) in [5, 5.41) is 216. The SMILES string of the molecule is OCC1O[C@@H](O[C@H]2C(CO)O[C@@H](SCCCOCC(CCOCCCS[C@@H]3OC(CO)[C@H](O)[C@H](O)C3O)(CNC(=S)NCCSCC3O[C@H]4OCCCCCC3C(O)C4O)COCCCS[C@@H]3OC(CO)[C@H](O[C@@H]4OC(CO)[C@H](O)[C@H](O)C4O)[C@H](O)C3O)C(O)[C@H]2O)C(O)[C@@H](O)[C@H]1O. The highest BCUT2D eigenvalue weighted by molar-refractivity contribution is 8.00. The summed E-state index contributed by atoms with van der Waals surface area (Å²) < 4.78 is 70.8. The second-order valence-corrected chi connectivity index (χ2v) is 30.6. The average Bonchev–Trinajstić information content (AvgIpc) is 0.807. The Bertz CT molecular complexity index is 2140. The molecule has 8 fully saturated rings. The summed E-state index contributed by atoms with van der Waals surface area (Å²) in [4.78, 5) is 0. The van der Waals surface area contributed by atoms with Crippen LogP contribution < -0.4 is 10.6 Å². The van der Waals surface area contributed by atoms with Crippen LogP contribution in [0.2, 0.25) is 0 Å². The first-order chi connectivity index (χ1) is 47.0. The number of nitrogens with one attached hydrogen (secondary N) is 2. The summed E-state index contributed by atoms with van der Waals surface area (Å²) in [5.41, 5.74) is -4.00. The third kappa shape index (κ3) is 23.4. The number of thiocarbonyl (C=S) groups is 1. The fourth-order valence-corrected chi connectivity index (χ4v) is 16.7. The van der Waals surface area contributed by atoms with Gasteiger partial charge in [0.15, 0.2) is 24.0 Å². The first kappa shape index (κ1) is 85.1. The van der Waals surface area contributed by atoms with E-state index < -0.39 is 208 Å². The Hall–Kier alpha value is -0.190. The van der Waals surface area contributed by atoms with Crippen LogP contribution in [-0.4, -0.2) is 404 Å². The predicted octanol–water partition coefficient (Wildman–Crippen LogP) is -8.32. The van der Waals surface area contributed by atoms with Crippen LogP contribution in [0.25, 0.3) is 0 Å². The number of aliphatic hydroxyl groups excluding tert-OH is 20. The van der Waals surface area contributed by atoms with Crippen LogP contribution in [0.5, 0.6) is 0 Å². The fourth-order valence-electron chi connectivity index (χ4n) is 12.3. The van der Waals surface area contributed by atoms with Crippen molar-refractivity contribution in [2.75, 3.05) is 121 Å². The molecule has 8 rings (SSSR count). The lowest BCUT2D eigenvalue weighted by Crippen LogP contribution is -2.64. The zero-order valence-electron chi connectivity index (χ0n) is 54.3. The third-order valence-electron chi connectivity index (χ3n) is 18.3. The molecule has 0 aliphatic carbocycles. The van der Waals surface area contributed by atoms with Gasteiger partial charge in [0, 0.05) is 69.0 Å². The molecule has 0 saturated carbocycles. The number of fused-ring (bicyclic) bond motifs is 7. The second kappa shape index (κ2) is 43.0. The second-order valence-electron chi connectivity index (χ2n) is 25.4. The first-order valence-electron chi connectivity index (χ1n) is 33.3. The van der Waals surface area contributed by atoms with Gasteiger partial charge >= 0.3 is 0 Å². The molecule has 0 aromatic carbocycles. The normalized spacial score (nSPS) is 41.8. The maximum atomic E-state index is 11.2. The van der Waals surface area contributed by atoms with Gasteiger partial charge in [-0.25, -0.2) is 0 Å². The summed E-state index contributed by atoms with van der Waals surface area (Å²) in [6, 6.07) is 0.